The third kappa shape index (κ3) is 5.59. The molecule has 0 bridgehead atoms. The standard InChI is InChI=1S/C25H25FN2O5/c1-31-21-10-6-19(7-11-21)24(29)27-12-14-33-23(16-27)17-28(15-22-3-2-13-32-22)25(30)18-4-8-20(26)9-5-18/h2-11,13,23H,12,14-17H2,1H3. The number of hydrogen-bond acceptors (Lipinski definition) is 5. The van der Waals surface area contributed by atoms with Gasteiger partial charge in [-0.15, -0.1) is 0 Å². The summed E-state index contributed by atoms with van der Waals surface area (Å²) >= 11 is 0. The molecule has 2 heterocycles. The molecule has 172 valence electrons. The number of carbonyl (C=O) groups is 2. The summed E-state index contributed by atoms with van der Waals surface area (Å²) in [6, 6.07) is 15.9. The molecule has 4 rings (SSSR count). The smallest absolute Gasteiger partial charge is 0.254 e. The first kappa shape index (κ1) is 22.5. The SMILES string of the molecule is COc1ccc(C(=O)N2CCOC(CN(Cc3ccco3)C(=O)c3ccc(F)cc3)C2)cc1. The Morgan fingerprint density at radius 3 is 2.48 bits per heavy atom. The topological polar surface area (TPSA) is 72.2 Å². The molecule has 0 aliphatic carbocycles. The van der Waals surface area contributed by atoms with Crippen LogP contribution >= 0.6 is 0 Å². The lowest BCUT2D eigenvalue weighted by molar-refractivity contribution is -0.0344. The fourth-order valence-corrected chi connectivity index (χ4v) is 3.76. The molecule has 1 fully saturated rings. The summed E-state index contributed by atoms with van der Waals surface area (Å²) in [6.07, 6.45) is 1.17. The Morgan fingerprint density at radius 1 is 1.09 bits per heavy atom. The second-order valence-electron chi connectivity index (χ2n) is 7.74. The third-order valence-electron chi connectivity index (χ3n) is 5.49. The average Bonchev–Trinajstić information content (AvgIpc) is 3.37. The third-order valence-corrected chi connectivity index (χ3v) is 5.49. The molecular formula is C25H25FN2O5. The van der Waals surface area contributed by atoms with E-state index in [-0.39, 0.29) is 31.0 Å². The first-order valence-electron chi connectivity index (χ1n) is 10.7. The number of methoxy groups -OCH3 is 1. The van der Waals surface area contributed by atoms with Crippen molar-refractivity contribution >= 4 is 11.8 Å². The summed E-state index contributed by atoms with van der Waals surface area (Å²) in [5, 5.41) is 0. The van der Waals surface area contributed by atoms with Crippen molar-refractivity contribution in [2.24, 2.45) is 0 Å². The highest BCUT2D eigenvalue weighted by atomic mass is 19.1. The molecule has 8 heteroatoms. The van der Waals surface area contributed by atoms with E-state index in [0.29, 0.717) is 42.3 Å². The van der Waals surface area contributed by atoms with Crippen molar-refractivity contribution in [1.29, 1.82) is 0 Å². The lowest BCUT2D eigenvalue weighted by atomic mass is 10.1. The van der Waals surface area contributed by atoms with E-state index in [9.17, 15) is 14.0 Å². The molecule has 0 N–H and O–H groups in total. The molecule has 1 aliphatic heterocycles. The number of carbonyl (C=O) groups excluding carboxylic acids is 2. The number of nitrogens with zero attached hydrogens (tertiary/aromatic N) is 2. The van der Waals surface area contributed by atoms with Gasteiger partial charge in [0.15, 0.2) is 0 Å². The number of morpholine rings is 1. The second-order valence-corrected chi connectivity index (χ2v) is 7.74. The maximum atomic E-state index is 13.3. The minimum Gasteiger partial charge on any atom is -0.497 e. The highest BCUT2D eigenvalue weighted by Crippen LogP contribution is 2.18. The molecule has 3 aromatic rings. The highest BCUT2D eigenvalue weighted by Gasteiger charge is 2.29. The number of rotatable bonds is 7. The Kier molecular flexibility index (Phi) is 7.04. The lowest BCUT2D eigenvalue weighted by Gasteiger charge is -2.35. The van der Waals surface area contributed by atoms with Gasteiger partial charge in [-0.2, -0.15) is 0 Å². The van der Waals surface area contributed by atoms with Crippen LogP contribution in [0.4, 0.5) is 4.39 Å². The zero-order valence-corrected chi connectivity index (χ0v) is 18.3. The molecule has 1 atom stereocenters. The van der Waals surface area contributed by atoms with Crippen molar-refractivity contribution in [3.63, 3.8) is 0 Å². The van der Waals surface area contributed by atoms with Gasteiger partial charge in [-0.05, 0) is 60.7 Å². The molecule has 2 amide bonds. The van der Waals surface area contributed by atoms with E-state index in [2.05, 4.69) is 0 Å². The highest BCUT2D eigenvalue weighted by molar-refractivity contribution is 5.95. The van der Waals surface area contributed by atoms with Gasteiger partial charge in [0.25, 0.3) is 11.8 Å². The van der Waals surface area contributed by atoms with Crippen LogP contribution in [0.5, 0.6) is 5.75 Å². The minimum atomic E-state index is -0.410. The van der Waals surface area contributed by atoms with Crippen molar-refractivity contribution in [2.75, 3.05) is 33.4 Å². The van der Waals surface area contributed by atoms with Gasteiger partial charge < -0.3 is 23.7 Å². The molecule has 33 heavy (non-hydrogen) atoms. The van der Waals surface area contributed by atoms with E-state index in [1.807, 2.05) is 0 Å². The van der Waals surface area contributed by atoms with Gasteiger partial charge in [0.1, 0.15) is 17.3 Å². The number of benzene rings is 2. The molecule has 1 saturated heterocycles. The summed E-state index contributed by atoms with van der Waals surface area (Å²) in [5.41, 5.74) is 0.927. The molecule has 7 nitrogen and oxygen atoms in total. The Balaban J connectivity index is 1.47. The molecule has 1 unspecified atom stereocenters. The van der Waals surface area contributed by atoms with E-state index in [1.165, 1.54) is 24.3 Å². The Bertz CT molecular complexity index is 1070. The fraction of sp³-hybridized carbons (Fsp3) is 0.280. The number of ether oxygens (including phenoxy) is 2. The quantitative estimate of drug-likeness (QED) is 0.548. The zero-order valence-electron chi connectivity index (χ0n) is 18.3. The molecule has 0 saturated carbocycles. The maximum Gasteiger partial charge on any atom is 0.254 e. The molecule has 1 aromatic heterocycles. The van der Waals surface area contributed by atoms with Gasteiger partial charge in [0, 0.05) is 30.8 Å². The van der Waals surface area contributed by atoms with E-state index in [4.69, 9.17) is 13.9 Å². The molecule has 0 radical (unpaired) electrons. The van der Waals surface area contributed by atoms with Crippen molar-refractivity contribution < 1.29 is 27.9 Å². The van der Waals surface area contributed by atoms with E-state index in [0.717, 1.165) is 0 Å². The van der Waals surface area contributed by atoms with Crippen LogP contribution in [0.3, 0.4) is 0 Å². The van der Waals surface area contributed by atoms with Crippen LogP contribution in [-0.2, 0) is 11.3 Å². The van der Waals surface area contributed by atoms with Gasteiger partial charge in [-0.1, -0.05) is 0 Å². The van der Waals surface area contributed by atoms with Gasteiger partial charge in [0.2, 0.25) is 0 Å². The van der Waals surface area contributed by atoms with Gasteiger partial charge in [-0.3, -0.25) is 9.59 Å². The fourth-order valence-electron chi connectivity index (χ4n) is 3.76. The van der Waals surface area contributed by atoms with Crippen molar-refractivity contribution in [3.05, 3.63) is 89.6 Å². The van der Waals surface area contributed by atoms with Crippen molar-refractivity contribution in [2.45, 2.75) is 12.6 Å². The van der Waals surface area contributed by atoms with Crippen LogP contribution in [0.25, 0.3) is 0 Å². The van der Waals surface area contributed by atoms with Crippen LogP contribution in [0.2, 0.25) is 0 Å². The average molecular weight is 452 g/mol. The second kappa shape index (κ2) is 10.3. The predicted octanol–water partition coefficient (Wildman–Crippen LogP) is 3.61. The molecule has 0 spiro atoms. The number of furan rings is 1. The summed E-state index contributed by atoms with van der Waals surface area (Å²) in [4.78, 5) is 29.5. The molecule has 2 aromatic carbocycles. The Labute approximate surface area is 191 Å². The molecule has 1 aliphatic rings. The summed E-state index contributed by atoms with van der Waals surface area (Å²) < 4.78 is 29.8. The van der Waals surface area contributed by atoms with E-state index < -0.39 is 5.82 Å². The summed E-state index contributed by atoms with van der Waals surface area (Å²) in [5.74, 6) is 0.515. The van der Waals surface area contributed by atoms with Gasteiger partial charge >= 0.3 is 0 Å². The van der Waals surface area contributed by atoms with Crippen LogP contribution in [0.15, 0.2) is 71.3 Å². The minimum absolute atomic E-state index is 0.103. The van der Waals surface area contributed by atoms with Gasteiger partial charge in [-0.25, -0.2) is 4.39 Å². The summed E-state index contributed by atoms with van der Waals surface area (Å²) in [7, 11) is 1.57. The van der Waals surface area contributed by atoms with E-state index >= 15 is 0 Å². The lowest BCUT2D eigenvalue weighted by Crippen LogP contribution is -2.50. The van der Waals surface area contributed by atoms with Gasteiger partial charge in [0.05, 0.1) is 32.6 Å². The normalized spacial score (nSPS) is 15.8. The van der Waals surface area contributed by atoms with Crippen LogP contribution in [0.1, 0.15) is 26.5 Å². The zero-order chi connectivity index (χ0) is 23.2. The summed E-state index contributed by atoms with van der Waals surface area (Å²) in [6.45, 7) is 1.66. The van der Waals surface area contributed by atoms with Crippen LogP contribution in [0, 0.1) is 5.82 Å². The van der Waals surface area contributed by atoms with Crippen LogP contribution in [-0.4, -0.2) is 61.1 Å². The van der Waals surface area contributed by atoms with E-state index in [1.54, 1.807) is 59.6 Å². The Morgan fingerprint density at radius 2 is 1.82 bits per heavy atom. The Hall–Kier alpha value is -3.65. The maximum absolute atomic E-state index is 13.3. The van der Waals surface area contributed by atoms with Crippen molar-refractivity contribution in [3.8, 4) is 5.75 Å². The predicted molar refractivity (Wildman–Crippen MR) is 118 cm³/mol. The first-order chi connectivity index (χ1) is 16.0. The first-order valence-corrected chi connectivity index (χ1v) is 10.7. The molecular weight excluding hydrogens is 427 g/mol. The number of hydrogen-bond donors (Lipinski definition) is 0. The largest absolute Gasteiger partial charge is 0.497 e. The van der Waals surface area contributed by atoms with Crippen molar-refractivity contribution in [1.82, 2.24) is 9.80 Å². The van der Waals surface area contributed by atoms with Crippen LogP contribution < -0.4 is 4.74 Å². The number of amides is 2. The number of halogens is 1. The monoisotopic (exact) mass is 452 g/mol.